The van der Waals surface area contributed by atoms with Crippen molar-refractivity contribution in [1.29, 1.82) is 0 Å². The molecule has 4 heteroatoms. The summed E-state index contributed by atoms with van der Waals surface area (Å²) in [5, 5.41) is 10.2. The van der Waals surface area contributed by atoms with E-state index in [4.69, 9.17) is 4.74 Å². The van der Waals surface area contributed by atoms with Gasteiger partial charge in [0.15, 0.2) is 0 Å². The molecule has 1 aromatic carbocycles. The number of hydrogen-bond donors (Lipinski definition) is 1. The maximum Gasteiger partial charge on any atom is 0.261 e. The molecule has 0 fully saturated rings. The lowest BCUT2D eigenvalue weighted by molar-refractivity contribution is 0.00473. The van der Waals surface area contributed by atoms with Crippen LogP contribution in [-0.2, 0) is 17.6 Å². The van der Waals surface area contributed by atoms with Crippen molar-refractivity contribution in [3.63, 3.8) is 0 Å². The summed E-state index contributed by atoms with van der Waals surface area (Å²) in [6.45, 7) is 3.67. The Labute approximate surface area is 113 Å². The number of alkyl halides is 2. The predicted molar refractivity (Wildman–Crippen MR) is 71.6 cm³/mol. The van der Waals surface area contributed by atoms with Crippen LogP contribution in [0.2, 0.25) is 0 Å². The molecule has 0 heterocycles. The second-order valence-corrected chi connectivity index (χ2v) is 4.51. The van der Waals surface area contributed by atoms with Gasteiger partial charge in [-0.05, 0) is 29.5 Å². The summed E-state index contributed by atoms with van der Waals surface area (Å²) in [4.78, 5) is 0. The summed E-state index contributed by atoms with van der Waals surface area (Å²) < 4.78 is 28.6. The van der Waals surface area contributed by atoms with E-state index in [2.05, 4.69) is 13.0 Å². The highest BCUT2D eigenvalue weighted by Gasteiger charge is 2.13. The van der Waals surface area contributed by atoms with Crippen molar-refractivity contribution in [2.45, 2.75) is 45.6 Å². The van der Waals surface area contributed by atoms with Crippen LogP contribution in [0.4, 0.5) is 8.78 Å². The third kappa shape index (κ3) is 5.25. The molecule has 2 nitrogen and oxygen atoms in total. The first kappa shape index (κ1) is 16.1. The molecule has 1 rings (SSSR count). The van der Waals surface area contributed by atoms with Crippen LogP contribution < -0.4 is 0 Å². The minimum atomic E-state index is -2.45. The summed E-state index contributed by atoms with van der Waals surface area (Å²) >= 11 is 0. The van der Waals surface area contributed by atoms with Gasteiger partial charge in [0.1, 0.15) is 6.61 Å². The first-order valence-corrected chi connectivity index (χ1v) is 6.74. The van der Waals surface area contributed by atoms with Gasteiger partial charge in [-0.3, -0.25) is 0 Å². The van der Waals surface area contributed by atoms with E-state index >= 15 is 0 Å². The van der Waals surface area contributed by atoms with E-state index in [1.54, 1.807) is 0 Å². The van der Waals surface area contributed by atoms with Crippen LogP contribution in [0.5, 0.6) is 0 Å². The van der Waals surface area contributed by atoms with Gasteiger partial charge in [0.25, 0.3) is 6.43 Å². The zero-order valence-electron chi connectivity index (χ0n) is 11.5. The fourth-order valence-electron chi connectivity index (χ4n) is 2.02. The van der Waals surface area contributed by atoms with Gasteiger partial charge in [0, 0.05) is 13.0 Å². The van der Waals surface area contributed by atoms with Crippen molar-refractivity contribution in [1.82, 2.24) is 0 Å². The number of hydrogen-bond acceptors (Lipinski definition) is 2. The first-order valence-electron chi connectivity index (χ1n) is 6.74. The number of benzene rings is 1. The lowest BCUT2D eigenvalue weighted by atomic mass is 9.95. The highest BCUT2D eigenvalue weighted by molar-refractivity contribution is 5.33. The molecule has 0 amide bonds. The lowest BCUT2D eigenvalue weighted by Crippen LogP contribution is -2.10. The number of aliphatic hydroxyl groups excluding tert-OH is 1. The van der Waals surface area contributed by atoms with Gasteiger partial charge >= 0.3 is 0 Å². The molecule has 1 N–H and O–H groups in total. The molecule has 108 valence electrons. The molecular formula is C15H22F2O2. The summed E-state index contributed by atoms with van der Waals surface area (Å²) in [6, 6.07) is 6.08. The topological polar surface area (TPSA) is 29.5 Å². The Bertz CT molecular complexity index is 380. The molecule has 1 aromatic rings. The Balaban J connectivity index is 2.61. The van der Waals surface area contributed by atoms with Crippen molar-refractivity contribution in [2.24, 2.45) is 0 Å². The maximum absolute atomic E-state index is 11.9. The van der Waals surface area contributed by atoms with E-state index in [0.29, 0.717) is 6.42 Å². The molecule has 0 radical (unpaired) electrons. The molecule has 0 aliphatic carbocycles. The van der Waals surface area contributed by atoms with E-state index in [0.717, 1.165) is 24.0 Å². The van der Waals surface area contributed by atoms with Crippen LogP contribution in [0, 0.1) is 0 Å². The Morgan fingerprint density at radius 3 is 2.53 bits per heavy atom. The van der Waals surface area contributed by atoms with Crippen LogP contribution in [0.1, 0.15) is 43.1 Å². The van der Waals surface area contributed by atoms with E-state index in [1.165, 1.54) is 5.56 Å². The van der Waals surface area contributed by atoms with Crippen LogP contribution in [0.3, 0.4) is 0 Å². The Morgan fingerprint density at radius 2 is 1.95 bits per heavy atom. The monoisotopic (exact) mass is 272 g/mol. The molecule has 0 spiro atoms. The number of rotatable bonds is 8. The molecule has 0 aliphatic rings. The standard InChI is InChI=1S/C15H22F2O2/c1-3-11-5-6-12(4-2)13(9-11)14(18)7-8-19-10-15(16)17/h5-6,9,14-15,18H,3-4,7-8,10H2,1-2H3. The van der Waals surface area contributed by atoms with Crippen LogP contribution in [0.25, 0.3) is 0 Å². The Kier molecular flexibility index (Phi) is 6.95. The van der Waals surface area contributed by atoms with Gasteiger partial charge in [-0.2, -0.15) is 0 Å². The summed E-state index contributed by atoms with van der Waals surface area (Å²) in [6.07, 6.45) is -1.02. The quantitative estimate of drug-likeness (QED) is 0.734. The molecule has 1 unspecified atom stereocenters. The van der Waals surface area contributed by atoms with Crippen LogP contribution >= 0.6 is 0 Å². The molecule has 1 atom stereocenters. The van der Waals surface area contributed by atoms with Gasteiger partial charge in [0.05, 0.1) is 6.10 Å². The van der Waals surface area contributed by atoms with Crippen molar-refractivity contribution in [2.75, 3.05) is 13.2 Å². The van der Waals surface area contributed by atoms with Gasteiger partial charge < -0.3 is 9.84 Å². The average molecular weight is 272 g/mol. The maximum atomic E-state index is 11.9. The minimum Gasteiger partial charge on any atom is -0.388 e. The largest absolute Gasteiger partial charge is 0.388 e. The number of halogens is 2. The zero-order valence-corrected chi connectivity index (χ0v) is 11.5. The van der Waals surface area contributed by atoms with E-state index in [1.807, 2.05) is 19.1 Å². The summed E-state index contributed by atoms with van der Waals surface area (Å²) in [5.41, 5.74) is 3.15. The fourth-order valence-corrected chi connectivity index (χ4v) is 2.02. The highest BCUT2D eigenvalue weighted by Crippen LogP contribution is 2.23. The molecule has 0 aromatic heterocycles. The van der Waals surface area contributed by atoms with Crippen molar-refractivity contribution in [3.8, 4) is 0 Å². The predicted octanol–water partition coefficient (Wildman–Crippen LogP) is 3.52. The fraction of sp³-hybridized carbons (Fsp3) is 0.600. The average Bonchev–Trinajstić information content (AvgIpc) is 2.42. The lowest BCUT2D eigenvalue weighted by Gasteiger charge is -2.16. The van der Waals surface area contributed by atoms with Crippen LogP contribution in [-0.4, -0.2) is 24.7 Å². The van der Waals surface area contributed by atoms with Crippen molar-refractivity contribution < 1.29 is 18.6 Å². The third-order valence-corrected chi connectivity index (χ3v) is 3.14. The zero-order chi connectivity index (χ0) is 14.3. The Morgan fingerprint density at radius 1 is 1.21 bits per heavy atom. The number of aryl methyl sites for hydroxylation is 2. The molecule has 0 bridgehead atoms. The van der Waals surface area contributed by atoms with E-state index in [9.17, 15) is 13.9 Å². The van der Waals surface area contributed by atoms with Gasteiger partial charge in [-0.1, -0.05) is 32.0 Å². The van der Waals surface area contributed by atoms with Crippen molar-refractivity contribution >= 4 is 0 Å². The normalized spacial score (nSPS) is 12.9. The number of aliphatic hydroxyl groups is 1. The van der Waals surface area contributed by atoms with E-state index in [-0.39, 0.29) is 6.61 Å². The SMILES string of the molecule is CCc1ccc(CC)c(C(O)CCOCC(F)F)c1. The van der Waals surface area contributed by atoms with Gasteiger partial charge in [-0.25, -0.2) is 8.78 Å². The van der Waals surface area contributed by atoms with Gasteiger partial charge in [-0.15, -0.1) is 0 Å². The minimum absolute atomic E-state index is 0.144. The smallest absolute Gasteiger partial charge is 0.261 e. The molecular weight excluding hydrogens is 250 g/mol. The highest BCUT2D eigenvalue weighted by atomic mass is 19.3. The molecule has 0 saturated heterocycles. The summed E-state index contributed by atoms with van der Waals surface area (Å²) in [5.74, 6) is 0. The Hall–Kier alpha value is -1.00. The summed E-state index contributed by atoms with van der Waals surface area (Å²) in [7, 11) is 0. The van der Waals surface area contributed by atoms with Gasteiger partial charge in [0.2, 0.25) is 0 Å². The second kappa shape index (κ2) is 8.23. The number of ether oxygens (including phenoxy) is 1. The molecule has 0 saturated carbocycles. The third-order valence-electron chi connectivity index (χ3n) is 3.14. The molecule has 0 aliphatic heterocycles. The first-order chi connectivity index (χ1) is 9.08. The molecule has 19 heavy (non-hydrogen) atoms. The van der Waals surface area contributed by atoms with Crippen molar-refractivity contribution in [3.05, 3.63) is 34.9 Å². The second-order valence-electron chi connectivity index (χ2n) is 4.51. The van der Waals surface area contributed by atoms with E-state index < -0.39 is 19.1 Å². The van der Waals surface area contributed by atoms with Crippen LogP contribution in [0.15, 0.2) is 18.2 Å².